The van der Waals surface area contributed by atoms with E-state index < -0.39 is 10.0 Å². The molecule has 0 atom stereocenters. The van der Waals surface area contributed by atoms with Gasteiger partial charge in [0.2, 0.25) is 0 Å². The summed E-state index contributed by atoms with van der Waals surface area (Å²) in [5, 5.41) is 3.32. The molecule has 0 spiro atoms. The fourth-order valence-electron chi connectivity index (χ4n) is 3.82. The minimum Gasteiger partial charge on any atom is -0.486 e. The number of halogens is 1. The Bertz CT molecular complexity index is 1310. The van der Waals surface area contributed by atoms with Crippen LogP contribution in [0, 0.1) is 0 Å². The Kier molecular flexibility index (Phi) is 5.19. The van der Waals surface area contributed by atoms with Crippen LogP contribution < -0.4 is 19.1 Å². The summed E-state index contributed by atoms with van der Waals surface area (Å²) in [6, 6.07) is 16.4. The standard InChI is InChI=1S/C23H19ClN2O5S/c24-17-2-5-19(6-3-17)32(28,29)26-10-9-15-13-16(1-7-20(15)26)23(27)25-18-4-8-21-22(14-18)31-12-11-30-21/h1-8,13-14H,9-12H2,(H,25,27). The molecule has 5 rings (SSSR count). The predicted octanol–water partition coefficient (Wildman–Crippen LogP) is 4.11. The molecule has 164 valence electrons. The van der Waals surface area contributed by atoms with Gasteiger partial charge in [-0.2, -0.15) is 0 Å². The highest BCUT2D eigenvalue weighted by atomic mass is 35.5. The Morgan fingerprint density at radius 3 is 2.47 bits per heavy atom. The SMILES string of the molecule is O=C(Nc1ccc2c(c1)OCCO2)c1ccc2c(c1)CCN2S(=O)(=O)c1ccc(Cl)cc1. The smallest absolute Gasteiger partial charge is 0.264 e. The van der Waals surface area contributed by atoms with Crippen LogP contribution in [0.4, 0.5) is 11.4 Å². The Labute approximate surface area is 190 Å². The van der Waals surface area contributed by atoms with Gasteiger partial charge < -0.3 is 14.8 Å². The number of carbonyl (C=O) groups is 1. The number of benzene rings is 3. The summed E-state index contributed by atoms with van der Waals surface area (Å²) in [7, 11) is -3.71. The molecule has 0 bridgehead atoms. The number of hydrogen-bond donors (Lipinski definition) is 1. The first-order valence-electron chi connectivity index (χ1n) is 10.0. The molecular weight excluding hydrogens is 452 g/mol. The number of nitrogens with one attached hydrogen (secondary N) is 1. The van der Waals surface area contributed by atoms with E-state index in [0.717, 1.165) is 5.56 Å². The molecule has 3 aromatic carbocycles. The fourth-order valence-corrected chi connectivity index (χ4v) is 5.45. The highest BCUT2D eigenvalue weighted by Gasteiger charge is 2.31. The third kappa shape index (κ3) is 3.76. The van der Waals surface area contributed by atoms with Gasteiger partial charge in [0.25, 0.3) is 15.9 Å². The zero-order valence-electron chi connectivity index (χ0n) is 16.9. The molecular formula is C23H19ClN2O5S. The second kappa shape index (κ2) is 8.03. The van der Waals surface area contributed by atoms with Crippen LogP contribution >= 0.6 is 11.6 Å². The second-order valence-corrected chi connectivity index (χ2v) is 9.74. The molecule has 7 nitrogen and oxygen atoms in total. The predicted molar refractivity (Wildman–Crippen MR) is 122 cm³/mol. The summed E-state index contributed by atoms with van der Waals surface area (Å²) in [4.78, 5) is 13.0. The molecule has 3 aromatic rings. The lowest BCUT2D eigenvalue weighted by Gasteiger charge is -2.20. The number of ether oxygens (including phenoxy) is 2. The zero-order valence-corrected chi connectivity index (χ0v) is 18.4. The van der Waals surface area contributed by atoms with Crippen molar-refractivity contribution >= 4 is 38.9 Å². The van der Waals surface area contributed by atoms with E-state index in [-0.39, 0.29) is 10.8 Å². The molecule has 0 saturated carbocycles. The summed E-state index contributed by atoms with van der Waals surface area (Å²) in [6.45, 7) is 1.27. The van der Waals surface area contributed by atoms with Crippen LogP contribution in [0.1, 0.15) is 15.9 Å². The Morgan fingerprint density at radius 1 is 0.938 bits per heavy atom. The van der Waals surface area contributed by atoms with E-state index in [9.17, 15) is 13.2 Å². The van der Waals surface area contributed by atoms with Gasteiger partial charge in [0.15, 0.2) is 11.5 Å². The molecule has 1 N–H and O–H groups in total. The van der Waals surface area contributed by atoms with E-state index in [4.69, 9.17) is 21.1 Å². The van der Waals surface area contributed by atoms with E-state index in [2.05, 4.69) is 5.32 Å². The molecule has 2 aliphatic heterocycles. The molecule has 2 heterocycles. The Balaban J connectivity index is 1.36. The first-order chi connectivity index (χ1) is 15.4. The van der Waals surface area contributed by atoms with Crippen molar-refractivity contribution in [3.8, 4) is 11.5 Å². The Hall–Kier alpha value is -3.23. The van der Waals surface area contributed by atoms with Gasteiger partial charge in [0.05, 0.1) is 10.6 Å². The average molecular weight is 471 g/mol. The summed E-state index contributed by atoms with van der Waals surface area (Å²) < 4.78 is 38.6. The van der Waals surface area contributed by atoms with Crippen molar-refractivity contribution in [2.75, 3.05) is 29.4 Å². The number of fused-ring (bicyclic) bond motifs is 2. The van der Waals surface area contributed by atoms with E-state index in [1.807, 2.05) is 0 Å². The molecule has 9 heteroatoms. The van der Waals surface area contributed by atoms with Gasteiger partial charge in [-0.3, -0.25) is 9.10 Å². The topological polar surface area (TPSA) is 84.9 Å². The maximum atomic E-state index is 13.1. The highest BCUT2D eigenvalue weighted by molar-refractivity contribution is 7.92. The zero-order chi connectivity index (χ0) is 22.3. The van der Waals surface area contributed by atoms with Crippen LogP contribution in [0.2, 0.25) is 5.02 Å². The van der Waals surface area contributed by atoms with Crippen molar-refractivity contribution in [3.05, 3.63) is 76.8 Å². The highest BCUT2D eigenvalue weighted by Crippen LogP contribution is 2.35. The quantitative estimate of drug-likeness (QED) is 0.620. The second-order valence-electron chi connectivity index (χ2n) is 7.44. The molecule has 0 saturated heterocycles. The molecule has 2 aliphatic rings. The summed E-state index contributed by atoms with van der Waals surface area (Å²) in [5.74, 6) is 0.948. The van der Waals surface area contributed by atoms with Crippen molar-refractivity contribution in [2.24, 2.45) is 0 Å². The largest absolute Gasteiger partial charge is 0.486 e. The van der Waals surface area contributed by atoms with Gasteiger partial charge in [-0.05, 0) is 66.6 Å². The number of sulfonamides is 1. The van der Waals surface area contributed by atoms with Crippen LogP contribution in [-0.4, -0.2) is 34.1 Å². The maximum absolute atomic E-state index is 13.1. The number of amides is 1. The van der Waals surface area contributed by atoms with Gasteiger partial charge in [-0.15, -0.1) is 0 Å². The summed E-state index contributed by atoms with van der Waals surface area (Å²) in [5.41, 5.74) is 2.42. The van der Waals surface area contributed by atoms with Crippen LogP contribution in [0.5, 0.6) is 11.5 Å². The van der Waals surface area contributed by atoms with Crippen molar-refractivity contribution < 1.29 is 22.7 Å². The van der Waals surface area contributed by atoms with Gasteiger partial charge in [0, 0.05) is 28.9 Å². The molecule has 32 heavy (non-hydrogen) atoms. The molecule has 0 aliphatic carbocycles. The van der Waals surface area contributed by atoms with Crippen molar-refractivity contribution in [1.29, 1.82) is 0 Å². The Morgan fingerprint density at radius 2 is 1.69 bits per heavy atom. The first kappa shape index (κ1) is 20.7. The monoisotopic (exact) mass is 470 g/mol. The number of rotatable bonds is 4. The molecule has 0 aromatic heterocycles. The first-order valence-corrected chi connectivity index (χ1v) is 11.9. The lowest BCUT2D eigenvalue weighted by molar-refractivity contribution is 0.102. The van der Waals surface area contributed by atoms with E-state index >= 15 is 0 Å². The normalized spacial score (nSPS) is 14.7. The van der Waals surface area contributed by atoms with Crippen molar-refractivity contribution in [2.45, 2.75) is 11.3 Å². The number of nitrogens with zero attached hydrogens (tertiary/aromatic N) is 1. The van der Waals surface area contributed by atoms with Crippen LogP contribution in [0.25, 0.3) is 0 Å². The molecule has 0 radical (unpaired) electrons. The lowest BCUT2D eigenvalue weighted by atomic mass is 10.1. The van der Waals surface area contributed by atoms with Crippen LogP contribution in [0.3, 0.4) is 0 Å². The summed E-state index contributed by atoms with van der Waals surface area (Å²) >= 11 is 5.88. The van der Waals surface area contributed by atoms with Crippen molar-refractivity contribution in [3.63, 3.8) is 0 Å². The minimum atomic E-state index is -3.71. The number of carbonyl (C=O) groups excluding carboxylic acids is 1. The number of anilines is 2. The molecule has 1 amide bonds. The van der Waals surface area contributed by atoms with E-state index in [0.29, 0.717) is 59.6 Å². The maximum Gasteiger partial charge on any atom is 0.264 e. The molecule has 0 unspecified atom stereocenters. The third-order valence-electron chi connectivity index (χ3n) is 5.40. The minimum absolute atomic E-state index is 0.176. The lowest BCUT2D eigenvalue weighted by Crippen LogP contribution is -2.29. The van der Waals surface area contributed by atoms with Gasteiger partial charge >= 0.3 is 0 Å². The van der Waals surface area contributed by atoms with E-state index in [1.54, 1.807) is 48.5 Å². The van der Waals surface area contributed by atoms with Crippen LogP contribution in [0.15, 0.2) is 65.6 Å². The third-order valence-corrected chi connectivity index (χ3v) is 7.48. The summed E-state index contributed by atoms with van der Waals surface area (Å²) in [6.07, 6.45) is 0.521. The van der Waals surface area contributed by atoms with E-state index in [1.165, 1.54) is 16.4 Å². The van der Waals surface area contributed by atoms with Crippen molar-refractivity contribution in [1.82, 2.24) is 0 Å². The fraction of sp³-hybridized carbons (Fsp3) is 0.174. The molecule has 0 fully saturated rings. The van der Waals surface area contributed by atoms with Gasteiger partial charge in [-0.1, -0.05) is 11.6 Å². The van der Waals surface area contributed by atoms with Gasteiger partial charge in [0.1, 0.15) is 13.2 Å². The van der Waals surface area contributed by atoms with Gasteiger partial charge in [-0.25, -0.2) is 8.42 Å². The van der Waals surface area contributed by atoms with Crippen LogP contribution in [-0.2, 0) is 16.4 Å². The average Bonchev–Trinajstić information content (AvgIpc) is 3.23. The number of hydrogen-bond acceptors (Lipinski definition) is 5.